The zero-order valence-corrected chi connectivity index (χ0v) is 21.4. The lowest BCUT2D eigenvalue weighted by atomic mass is 9.93. The Hall–Kier alpha value is -3.07. The minimum absolute atomic E-state index is 0.0204. The molecular weight excluding hydrogens is 448 g/mol. The van der Waals surface area contributed by atoms with E-state index in [1.165, 1.54) is 5.56 Å². The first-order valence-corrected chi connectivity index (χ1v) is 12.4. The smallest absolute Gasteiger partial charge is 0.407 e. The number of esters is 1. The Morgan fingerprint density at radius 2 is 1.77 bits per heavy atom. The lowest BCUT2D eigenvalue weighted by Gasteiger charge is -2.35. The highest BCUT2D eigenvalue weighted by molar-refractivity contribution is 5.95. The molecule has 1 saturated heterocycles. The summed E-state index contributed by atoms with van der Waals surface area (Å²) in [6.45, 7) is 11.4. The Bertz CT molecular complexity index is 943. The first-order chi connectivity index (χ1) is 16.6. The zero-order chi connectivity index (χ0) is 25.6. The molecule has 1 fully saturated rings. The molecule has 1 atom stereocenters. The number of ether oxygens (including phenoxy) is 2. The molecule has 3 amide bonds. The van der Waals surface area contributed by atoms with Crippen LogP contribution in [-0.2, 0) is 20.7 Å². The molecule has 9 heteroatoms. The van der Waals surface area contributed by atoms with Gasteiger partial charge in [-0.3, -0.25) is 4.90 Å². The number of likely N-dealkylation sites (tertiary alicyclic amines) is 1. The largest absolute Gasteiger partial charge is 0.463 e. The average Bonchev–Trinajstić information content (AvgIpc) is 2.79. The molecule has 0 saturated carbocycles. The van der Waals surface area contributed by atoms with Crippen LogP contribution >= 0.6 is 0 Å². The van der Waals surface area contributed by atoms with Crippen LogP contribution in [-0.4, -0.2) is 60.9 Å². The van der Waals surface area contributed by atoms with Crippen LogP contribution in [0.2, 0.25) is 0 Å². The van der Waals surface area contributed by atoms with Crippen LogP contribution in [0.3, 0.4) is 0 Å². The van der Waals surface area contributed by atoms with E-state index in [0.717, 1.165) is 24.8 Å². The van der Waals surface area contributed by atoms with Gasteiger partial charge < -0.3 is 25.4 Å². The normalized spacial score (nSPS) is 19.6. The average molecular weight is 487 g/mol. The molecule has 0 aromatic heterocycles. The topological polar surface area (TPSA) is 109 Å². The third-order valence-electron chi connectivity index (χ3n) is 6.06. The van der Waals surface area contributed by atoms with Crippen LogP contribution in [0.4, 0.5) is 9.59 Å². The highest BCUT2D eigenvalue weighted by Gasteiger charge is 2.35. The van der Waals surface area contributed by atoms with Crippen LogP contribution in [0.15, 0.2) is 35.5 Å². The third-order valence-corrected chi connectivity index (χ3v) is 6.06. The Morgan fingerprint density at radius 3 is 2.34 bits per heavy atom. The zero-order valence-electron chi connectivity index (χ0n) is 21.4. The van der Waals surface area contributed by atoms with E-state index in [1.54, 1.807) is 6.92 Å². The summed E-state index contributed by atoms with van der Waals surface area (Å²) < 4.78 is 10.7. The van der Waals surface area contributed by atoms with Gasteiger partial charge in [-0.15, -0.1) is 0 Å². The lowest BCUT2D eigenvalue weighted by molar-refractivity contribution is -0.139. The molecular formula is C26H38N4O5. The lowest BCUT2D eigenvalue weighted by Crippen LogP contribution is -2.50. The predicted molar refractivity (Wildman–Crippen MR) is 133 cm³/mol. The summed E-state index contributed by atoms with van der Waals surface area (Å²) in [5.74, 6) is -0.443. The second kappa shape index (κ2) is 11.6. The van der Waals surface area contributed by atoms with Gasteiger partial charge in [-0.1, -0.05) is 31.2 Å². The summed E-state index contributed by atoms with van der Waals surface area (Å²) in [5, 5.41) is 8.66. The Kier molecular flexibility index (Phi) is 8.77. The molecule has 9 nitrogen and oxygen atoms in total. The summed E-state index contributed by atoms with van der Waals surface area (Å²) >= 11 is 0. The third kappa shape index (κ3) is 7.45. The molecule has 1 aromatic rings. The second-order valence-corrected chi connectivity index (χ2v) is 9.94. The predicted octanol–water partition coefficient (Wildman–Crippen LogP) is 3.41. The Morgan fingerprint density at radius 1 is 1.11 bits per heavy atom. The van der Waals surface area contributed by atoms with E-state index in [9.17, 15) is 14.4 Å². The fourth-order valence-electron chi connectivity index (χ4n) is 4.32. The molecule has 0 radical (unpaired) electrons. The van der Waals surface area contributed by atoms with Crippen molar-refractivity contribution in [1.29, 1.82) is 0 Å². The Labute approximate surface area is 207 Å². The van der Waals surface area contributed by atoms with E-state index < -0.39 is 23.7 Å². The maximum Gasteiger partial charge on any atom is 0.407 e. The second-order valence-electron chi connectivity index (χ2n) is 9.94. The molecule has 0 aliphatic carbocycles. The number of rotatable bonds is 7. The molecule has 35 heavy (non-hydrogen) atoms. The minimum Gasteiger partial charge on any atom is -0.463 e. The van der Waals surface area contributed by atoms with Crippen molar-refractivity contribution < 1.29 is 23.9 Å². The fourth-order valence-corrected chi connectivity index (χ4v) is 4.32. The van der Waals surface area contributed by atoms with Crippen molar-refractivity contribution in [3.05, 3.63) is 46.7 Å². The van der Waals surface area contributed by atoms with Gasteiger partial charge in [0.05, 0.1) is 18.2 Å². The first kappa shape index (κ1) is 26.5. The quantitative estimate of drug-likeness (QED) is 0.510. The molecule has 2 aliphatic heterocycles. The van der Waals surface area contributed by atoms with E-state index in [4.69, 9.17) is 9.47 Å². The Balaban J connectivity index is 1.74. The van der Waals surface area contributed by atoms with Crippen LogP contribution in [0.1, 0.15) is 64.6 Å². The maximum absolute atomic E-state index is 13.0. The summed E-state index contributed by atoms with van der Waals surface area (Å²) in [4.78, 5) is 39.8. The van der Waals surface area contributed by atoms with Crippen molar-refractivity contribution in [2.45, 2.75) is 71.6 Å². The number of nitrogens with zero attached hydrogens (tertiary/aromatic N) is 1. The number of carbonyl (C=O) groups is 3. The van der Waals surface area contributed by atoms with Crippen LogP contribution in [0.25, 0.3) is 0 Å². The molecule has 2 aliphatic rings. The highest BCUT2D eigenvalue weighted by Crippen LogP contribution is 2.29. The number of alkyl carbamates (subject to hydrolysis) is 1. The number of aryl methyl sites for hydroxylation is 1. The van der Waals surface area contributed by atoms with Crippen molar-refractivity contribution in [3.63, 3.8) is 0 Å². The van der Waals surface area contributed by atoms with E-state index in [1.807, 2.05) is 45.0 Å². The molecule has 1 unspecified atom stereocenters. The molecule has 2 heterocycles. The van der Waals surface area contributed by atoms with Gasteiger partial charge in [-0.2, -0.15) is 0 Å². The number of hydrogen-bond acceptors (Lipinski definition) is 6. The maximum atomic E-state index is 13.0. The van der Waals surface area contributed by atoms with Gasteiger partial charge in [0.1, 0.15) is 5.60 Å². The van der Waals surface area contributed by atoms with Crippen molar-refractivity contribution >= 4 is 18.1 Å². The number of benzene rings is 1. The summed E-state index contributed by atoms with van der Waals surface area (Å²) in [6, 6.07) is 6.99. The van der Waals surface area contributed by atoms with Gasteiger partial charge >= 0.3 is 18.1 Å². The van der Waals surface area contributed by atoms with Crippen LogP contribution in [0.5, 0.6) is 0 Å². The molecule has 192 valence electrons. The molecule has 0 spiro atoms. The van der Waals surface area contributed by atoms with Gasteiger partial charge in [-0.05, 0) is 58.1 Å². The minimum atomic E-state index is -0.588. The number of carbonyl (C=O) groups excluding carboxylic acids is 3. The number of urea groups is 1. The van der Waals surface area contributed by atoms with E-state index in [-0.39, 0.29) is 18.7 Å². The van der Waals surface area contributed by atoms with E-state index >= 15 is 0 Å². The standard InChI is InChI=1S/C26H38N4O5/c1-6-17-8-10-18(11-9-17)22-21(23(31)34-7-2)20(28-24(32)29-22)16-30-14-12-19(13-15-30)27-25(33)35-26(3,4)5/h8-11,19,22H,6-7,12-16H2,1-5H3,(H,27,33)(H2,28,29,32). The number of piperidine rings is 1. The summed E-state index contributed by atoms with van der Waals surface area (Å²) in [7, 11) is 0. The van der Waals surface area contributed by atoms with Crippen molar-refractivity contribution in [2.75, 3.05) is 26.2 Å². The SMILES string of the molecule is CCOC(=O)C1=C(CN2CCC(NC(=O)OC(C)(C)C)CC2)NC(=O)NC1c1ccc(CC)cc1. The van der Waals surface area contributed by atoms with Gasteiger partial charge in [0.2, 0.25) is 0 Å². The van der Waals surface area contributed by atoms with Crippen LogP contribution in [0, 0.1) is 0 Å². The van der Waals surface area contributed by atoms with Gasteiger partial charge in [0.15, 0.2) is 0 Å². The molecule has 3 rings (SSSR count). The fraction of sp³-hybridized carbons (Fsp3) is 0.577. The van der Waals surface area contributed by atoms with Crippen molar-refractivity contribution in [1.82, 2.24) is 20.9 Å². The number of hydrogen-bond donors (Lipinski definition) is 3. The van der Waals surface area contributed by atoms with Crippen molar-refractivity contribution in [2.24, 2.45) is 0 Å². The molecule has 0 bridgehead atoms. The van der Waals surface area contributed by atoms with Crippen molar-refractivity contribution in [3.8, 4) is 0 Å². The number of nitrogens with one attached hydrogen (secondary N) is 3. The van der Waals surface area contributed by atoms with E-state index in [0.29, 0.717) is 30.9 Å². The summed E-state index contributed by atoms with van der Waals surface area (Å²) in [6.07, 6.45) is 1.99. The monoisotopic (exact) mass is 486 g/mol. The van der Waals surface area contributed by atoms with Gasteiger partial charge in [0, 0.05) is 31.4 Å². The number of amides is 3. The van der Waals surface area contributed by atoms with Crippen LogP contribution < -0.4 is 16.0 Å². The van der Waals surface area contributed by atoms with E-state index in [2.05, 4.69) is 27.8 Å². The highest BCUT2D eigenvalue weighted by atomic mass is 16.6. The summed E-state index contributed by atoms with van der Waals surface area (Å²) in [5.41, 5.74) is 2.44. The van der Waals surface area contributed by atoms with Gasteiger partial charge in [-0.25, -0.2) is 14.4 Å². The molecule has 1 aromatic carbocycles. The molecule has 3 N–H and O–H groups in total. The first-order valence-electron chi connectivity index (χ1n) is 12.4. The van der Waals surface area contributed by atoms with Gasteiger partial charge in [0.25, 0.3) is 0 Å².